The van der Waals surface area contributed by atoms with Gasteiger partial charge in [0.1, 0.15) is 6.61 Å². The van der Waals surface area contributed by atoms with Crippen LogP contribution in [0.2, 0.25) is 0 Å². The van der Waals surface area contributed by atoms with Crippen molar-refractivity contribution >= 4 is 6.09 Å². The average Bonchev–Trinajstić information content (AvgIpc) is 2.74. The van der Waals surface area contributed by atoms with E-state index >= 15 is 0 Å². The summed E-state index contributed by atoms with van der Waals surface area (Å²) in [6.07, 6.45) is 17.7. The van der Waals surface area contributed by atoms with E-state index in [2.05, 4.69) is 44.8 Å². The maximum Gasteiger partial charge on any atom is 0.409 e. The van der Waals surface area contributed by atoms with E-state index in [1.165, 1.54) is 77.0 Å². The van der Waals surface area contributed by atoms with Gasteiger partial charge >= 0.3 is 6.09 Å². The molecule has 0 radical (unpaired) electrons. The summed E-state index contributed by atoms with van der Waals surface area (Å²) in [5, 5.41) is 0. The van der Waals surface area contributed by atoms with Gasteiger partial charge in [0.25, 0.3) is 0 Å². The van der Waals surface area contributed by atoms with Gasteiger partial charge in [-0.05, 0) is 34.0 Å². The Labute approximate surface area is 194 Å². The molecule has 0 saturated carbocycles. The molecule has 0 fully saturated rings. The van der Waals surface area contributed by atoms with Crippen molar-refractivity contribution < 1.29 is 9.53 Å². The maximum atomic E-state index is 12.7. The van der Waals surface area contributed by atoms with Crippen LogP contribution in [-0.2, 0) is 4.74 Å². The topological polar surface area (TPSA) is 36.0 Å². The number of likely N-dealkylation sites (N-methyl/N-ethyl adjacent to an activating group) is 2. The summed E-state index contributed by atoms with van der Waals surface area (Å²) in [7, 11) is 6.25. The Bertz CT molecular complexity index is 373. The number of hydrogen-bond donors (Lipinski definition) is 0. The number of carbonyl (C=O) groups excluding carboxylic acids is 1. The number of hydrogen-bond acceptors (Lipinski definition) is 4. The van der Waals surface area contributed by atoms with Crippen LogP contribution in [-0.4, -0.2) is 81.3 Å². The van der Waals surface area contributed by atoms with Crippen molar-refractivity contribution in [3.63, 3.8) is 0 Å². The summed E-state index contributed by atoms with van der Waals surface area (Å²) in [6.45, 7) is 9.49. The van der Waals surface area contributed by atoms with Crippen LogP contribution >= 0.6 is 0 Å². The predicted molar refractivity (Wildman–Crippen MR) is 135 cm³/mol. The molecule has 0 saturated heterocycles. The monoisotopic (exact) mass is 441 g/mol. The lowest BCUT2D eigenvalue weighted by molar-refractivity contribution is 0.0914. The largest absolute Gasteiger partial charge is 0.448 e. The highest BCUT2D eigenvalue weighted by Crippen LogP contribution is 2.11. The van der Waals surface area contributed by atoms with Gasteiger partial charge in [-0.1, -0.05) is 90.9 Å². The minimum atomic E-state index is -0.113. The van der Waals surface area contributed by atoms with Crippen molar-refractivity contribution in [2.45, 2.75) is 104 Å². The quantitative estimate of drug-likeness (QED) is 0.182. The Morgan fingerprint density at radius 3 is 1.48 bits per heavy atom. The summed E-state index contributed by atoms with van der Waals surface area (Å²) < 4.78 is 5.63. The highest BCUT2D eigenvalue weighted by atomic mass is 16.6. The van der Waals surface area contributed by atoms with Gasteiger partial charge in [-0.25, -0.2) is 4.79 Å². The predicted octanol–water partition coefficient (Wildman–Crippen LogP) is 6.42. The summed E-state index contributed by atoms with van der Waals surface area (Å²) in [4.78, 5) is 19.0. The van der Waals surface area contributed by atoms with Gasteiger partial charge in [-0.3, -0.25) is 0 Å². The van der Waals surface area contributed by atoms with Crippen LogP contribution in [0.1, 0.15) is 104 Å². The van der Waals surface area contributed by atoms with E-state index in [9.17, 15) is 4.79 Å². The molecule has 0 aromatic rings. The molecule has 31 heavy (non-hydrogen) atoms. The van der Waals surface area contributed by atoms with Crippen LogP contribution in [0.25, 0.3) is 0 Å². The van der Waals surface area contributed by atoms with Gasteiger partial charge in [0.2, 0.25) is 0 Å². The van der Waals surface area contributed by atoms with Crippen LogP contribution in [0.5, 0.6) is 0 Å². The maximum absolute atomic E-state index is 12.7. The zero-order valence-corrected chi connectivity index (χ0v) is 21.8. The van der Waals surface area contributed by atoms with E-state index in [0.29, 0.717) is 6.61 Å². The highest BCUT2D eigenvalue weighted by molar-refractivity contribution is 5.67. The number of rotatable bonds is 22. The Morgan fingerprint density at radius 1 is 0.581 bits per heavy atom. The number of amides is 1. The van der Waals surface area contributed by atoms with Crippen LogP contribution in [0.4, 0.5) is 4.79 Å². The summed E-state index contributed by atoms with van der Waals surface area (Å²) >= 11 is 0. The lowest BCUT2D eigenvalue weighted by Gasteiger charge is -2.24. The second-order valence-electron chi connectivity index (χ2n) is 9.45. The second kappa shape index (κ2) is 22.4. The first-order valence-corrected chi connectivity index (χ1v) is 13.3. The smallest absolute Gasteiger partial charge is 0.409 e. The van der Waals surface area contributed by atoms with Crippen molar-refractivity contribution in [1.82, 2.24) is 14.7 Å². The molecule has 0 aromatic heterocycles. The zero-order valence-electron chi connectivity index (χ0n) is 21.8. The molecule has 5 nitrogen and oxygen atoms in total. The molecule has 0 aromatic carbocycles. The van der Waals surface area contributed by atoms with E-state index in [1.54, 1.807) is 0 Å². The van der Waals surface area contributed by atoms with Crippen LogP contribution in [0, 0.1) is 0 Å². The van der Waals surface area contributed by atoms with E-state index in [4.69, 9.17) is 4.74 Å². The van der Waals surface area contributed by atoms with Gasteiger partial charge in [-0.2, -0.15) is 0 Å². The summed E-state index contributed by atoms with van der Waals surface area (Å²) in [5.41, 5.74) is 0. The van der Waals surface area contributed by atoms with Gasteiger partial charge in [0.05, 0.1) is 0 Å². The number of ether oxygens (including phenoxy) is 1. The molecule has 0 atom stereocenters. The normalized spacial score (nSPS) is 11.5. The molecule has 0 bridgehead atoms. The number of nitrogens with zero attached hydrogens (tertiary/aromatic N) is 3. The van der Waals surface area contributed by atoms with Gasteiger partial charge in [0.15, 0.2) is 0 Å². The van der Waals surface area contributed by atoms with Crippen molar-refractivity contribution in [3.05, 3.63) is 0 Å². The molecule has 5 heteroatoms. The average molecular weight is 442 g/mol. The zero-order chi connectivity index (χ0) is 23.2. The second-order valence-corrected chi connectivity index (χ2v) is 9.45. The SMILES string of the molecule is CCCCCCCCCN(CCCCCCCCC)C(=O)OCCN(C)CCN(C)C. The van der Waals surface area contributed by atoms with Gasteiger partial charge in [0, 0.05) is 32.7 Å². The summed E-state index contributed by atoms with van der Waals surface area (Å²) in [5.74, 6) is 0. The third-order valence-corrected chi connectivity index (χ3v) is 5.95. The standard InChI is InChI=1S/C26H55N3O2/c1-6-8-10-12-14-16-18-20-29(21-19-17-15-13-11-9-7-2)26(30)31-25-24-28(5)23-22-27(3)4/h6-25H2,1-5H3. The Kier molecular flexibility index (Phi) is 21.8. The van der Waals surface area contributed by atoms with Gasteiger partial charge < -0.3 is 19.4 Å². The molecule has 0 rings (SSSR count). The van der Waals surface area contributed by atoms with E-state index < -0.39 is 0 Å². The van der Waals surface area contributed by atoms with E-state index in [-0.39, 0.29) is 6.09 Å². The molecule has 0 heterocycles. The minimum Gasteiger partial charge on any atom is -0.448 e. The first-order valence-electron chi connectivity index (χ1n) is 13.3. The lowest BCUT2D eigenvalue weighted by atomic mass is 10.1. The van der Waals surface area contributed by atoms with Crippen LogP contribution in [0.3, 0.4) is 0 Å². The van der Waals surface area contributed by atoms with Gasteiger partial charge in [-0.15, -0.1) is 0 Å². The molecule has 0 N–H and O–H groups in total. The lowest BCUT2D eigenvalue weighted by Crippen LogP contribution is -2.36. The number of carbonyl (C=O) groups is 1. The van der Waals surface area contributed by atoms with Crippen molar-refractivity contribution in [3.8, 4) is 0 Å². The van der Waals surface area contributed by atoms with Crippen molar-refractivity contribution in [2.75, 3.05) is 60.5 Å². The Balaban J connectivity index is 4.19. The Morgan fingerprint density at radius 2 is 1.03 bits per heavy atom. The molecular weight excluding hydrogens is 386 g/mol. The first-order chi connectivity index (χ1) is 15.0. The molecular formula is C26H55N3O2. The Hall–Kier alpha value is -0.810. The molecule has 0 aliphatic heterocycles. The fraction of sp³-hybridized carbons (Fsp3) is 0.962. The summed E-state index contributed by atoms with van der Waals surface area (Å²) in [6, 6.07) is 0. The first kappa shape index (κ1) is 30.2. The highest BCUT2D eigenvalue weighted by Gasteiger charge is 2.14. The molecule has 0 aliphatic carbocycles. The van der Waals surface area contributed by atoms with Crippen molar-refractivity contribution in [1.29, 1.82) is 0 Å². The molecule has 186 valence electrons. The third-order valence-electron chi connectivity index (χ3n) is 5.95. The van der Waals surface area contributed by atoms with Crippen LogP contribution < -0.4 is 0 Å². The fourth-order valence-corrected chi connectivity index (χ4v) is 3.68. The molecule has 0 aliphatic rings. The minimum absolute atomic E-state index is 0.113. The van der Waals surface area contributed by atoms with Crippen molar-refractivity contribution in [2.24, 2.45) is 0 Å². The molecule has 1 amide bonds. The number of unbranched alkanes of at least 4 members (excludes halogenated alkanes) is 12. The van der Waals surface area contributed by atoms with E-state index in [1.807, 2.05) is 4.90 Å². The van der Waals surface area contributed by atoms with E-state index in [0.717, 1.165) is 45.6 Å². The molecule has 0 spiro atoms. The third kappa shape index (κ3) is 20.8. The van der Waals surface area contributed by atoms with Crippen LogP contribution in [0.15, 0.2) is 0 Å². The fourth-order valence-electron chi connectivity index (χ4n) is 3.68. The molecule has 0 unspecified atom stereocenters.